The summed E-state index contributed by atoms with van der Waals surface area (Å²) in [6, 6.07) is 8.19. The number of rotatable bonds is 4. The van der Waals surface area contributed by atoms with Crippen LogP contribution in [-0.4, -0.2) is 47.0 Å². The molecular formula is C17H19N5OS2. The lowest BCUT2D eigenvalue weighted by atomic mass is 10.2. The number of nitrogen functional groups attached to an aromatic ring is 1. The molecule has 3 heterocycles. The molecule has 0 saturated carbocycles. The molecule has 4 rings (SSSR count). The lowest BCUT2D eigenvalue weighted by Crippen LogP contribution is -2.48. The molecule has 0 radical (unpaired) electrons. The van der Waals surface area contributed by atoms with Gasteiger partial charge in [-0.3, -0.25) is 4.79 Å². The standard InChI is InChI=1S/C17H19N5OS2/c18-16-19-12(11-24-16)5-6-15(23)21-7-9-22(10-8-21)17-20-13-3-1-2-4-14(13)25-17/h1-4,11H,5-10H2,(H2,18,19). The Balaban J connectivity index is 1.32. The molecule has 2 aromatic heterocycles. The molecule has 0 aliphatic carbocycles. The Morgan fingerprint density at radius 2 is 1.96 bits per heavy atom. The highest BCUT2D eigenvalue weighted by molar-refractivity contribution is 7.22. The minimum absolute atomic E-state index is 0.190. The van der Waals surface area contributed by atoms with Gasteiger partial charge in [0.05, 0.1) is 15.9 Å². The number of piperazine rings is 1. The van der Waals surface area contributed by atoms with Gasteiger partial charge in [-0.1, -0.05) is 23.5 Å². The Hall–Kier alpha value is -2.19. The van der Waals surface area contributed by atoms with Crippen LogP contribution in [0.1, 0.15) is 12.1 Å². The number of aromatic nitrogens is 2. The molecule has 8 heteroatoms. The lowest BCUT2D eigenvalue weighted by Gasteiger charge is -2.34. The van der Waals surface area contributed by atoms with E-state index < -0.39 is 0 Å². The number of para-hydroxylation sites is 1. The topological polar surface area (TPSA) is 75.3 Å². The molecular weight excluding hydrogens is 354 g/mol. The number of carbonyl (C=O) groups is 1. The van der Waals surface area contributed by atoms with E-state index >= 15 is 0 Å². The third kappa shape index (κ3) is 3.59. The Labute approximate surface area is 153 Å². The summed E-state index contributed by atoms with van der Waals surface area (Å²) in [5, 5.41) is 3.53. The number of nitrogens with two attached hydrogens (primary N) is 1. The van der Waals surface area contributed by atoms with Gasteiger partial charge in [-0.15, -0.1) is 11.3 Å². The van der Waals surface area contributed by atoms with E-state index in [1.54, 1.807) is 11.3 Å². The van der Waals surface area contributed by atoms with Crippen molar-refractivity contribution >= 4 is 49.1 Å². The predicted octanol–water partition coefficient (Wildman–Crippen LogP) is 2.62. The molecule has 6 nitrogen and oxygen atoms in total. The van der Waals surface area contributed by atoms with Crippen molar-refractivity contribution in [1.29, 1.82) is 0 Å². The number of hydrogen-bond donors (Lipinski definition) is 1. The highest BCUT2D eigenvalue weighted by Crippen LogP contribution is 2.29. The van der Waals surface area contributed by atoms with Gasteiger partial charge < -0.3 is 15.5 Å². The van der Waals surface area contributed by atoms with Gasteiger partial charge >= 0.3 is 0 Å². The maximum Gasteiger partial charge on any atom is 0.223 e. The van der Waals surface area contributed by atoms with E-state index in [0.29, 0.717) is 18.0 Å². The van der Waals surface area contributed by atoms with E-state index in [4.69, 9.17) is 10.7 Å². The van der Waals surface area contributed by atoms with Crippen molar-refractivity contribution in [1.82, 2.24) is 14.9 Å². The Morgan fingerprint density at radius 1 is 1.16 bits per heavy atom. The predicted molar refractivity (Wildman–Crippen MR) is 103 cm³/mol. The van der Waals surface area contributed by atoms with Crippen LogP contribution in [0.5, 0.6) is 0 Å². The number of aryl methyl sites for hydroxylation is 1. The van der Waals surface area contributed by atoms with Crippen LogP contribution >= 0.6 is 22.7 Å². The first-order valence-corrected chi connectivity index (χ1v) is 9.97. The second-order valence-electron chi connectivity index (χ2n) is 6.01. The number of hydrogen-bond acceptors (Lipinski definition) is 7. The summed E-state index contributed by atoms with van der Waals surface area (Å²) in [6.07, 6.45) is 1.15. The monoisotopic (exact) mass is 373 g/mol. The summed E-state index contributed by atoms with van der Waals surface area (Å²) in [4.78, 5) is 25.5. The van der Waals surface area contributed by atoms with Gasteiger partial charge in [0.1, 0.15) is 0 Å². The van der Waals surface area contributed by atoms with E-state index in [-0.39, 0.29) is 5.91 Å². The Bertz CT molecular complexity index is 849. The zero-order chi connectivity index (χ0) is 17.2. The Morgan fingerprint density at radius 3 is 2.68 bits per heavy atom. The fourth-order valence-electron chi connectivity index (χ4n) is 2.97. The molecule has 0 spiro atoms. The molecule has 0 atom stereocenters. The summed E-state index contributed by atoms with van der Waals surface area (Å²) in [5.41, 5.74) is 7.58. The quantitative estimate of drug-likeness (QED) is 0.761. The summed E-state index contributed by atoms with van der Waals surface area (Å²) < 4.78 is 1.21. The van der Waals surface area contributed by atoms with Crippen LogP contribution < -0.4 is 10.6 Å². The smallest absolute Gasteiger partial charge is 0.223 e. The summed E-state index contributed by atoms with van der Waals surface area (Å²) in [7, 11) is 0. The molecule has 1 fully saturated rings. The third-order valence-corrected chi connectivity index (χ3v) is 6.17. The highest BCUT2D eigenvalue weighted by atomic mass is 32.1. The molecule has 130 valence electrons. The van der Waals surface area contributed by atoms with Crippen molar-refractivity contribution < 1.29 is 4.79 Å². The van der Waals surface area contributed by atoms with Crippen LogP contribution in [0.2, 0.25) is 0 Å². The highest BCUT2D eigenvalue weighted by Gasteiger charge is 2.23. The second kappa shape index (κ2) is 6.97. The minimum Gasteiger partial charge on any atom is -0.375 e. The molecule has 1 aliphatic heterocycles. The van der Waals surface area contributed by atoms with E-state index in [2.05, 4.69) is 16.0 Å². The van der Waals surface area contributed by atoms with Crippen LogP contribution in [0.15, 0.2) is 29.6 Å². The zero-order valence-electron chi connectivity index (χ0n) is 13.7. The van der Waals surface area contributed by atoms with Crippen LogP contribution in [0.3, 0.4) is 0 Å². The van der Waals surface area contributed by atoms with Crippen LogP contribution in [0, 0.1) is 0 Å². The summed E-state index contributed by atoms with van der Waals surface area (Å²) in [6.45, 7) is 3.15. The number of fused-ring (bicyclic) bond motifs is 1. The number of thiazole rings is 2. The second-order valence-corrected chi connectivity index (χ2v) is 7.91. The molecule has 1 aliphatic rings. The average Bonchev–Trinajstić information content (AvgIpc) is 3.25. The van der Waals surface area contributed by atoms with Crippen molar-refractivity contribution in [2.24, 2.45) is 0 Å². The van der Waals surface area contributed by atoms with Crippen molar-refractivity contribution in [3.63, 3.8) is 0 Å². The van der Waals surface area contributed by atoms with Crippen LogP contribution in [-0.2, 0) is 11.2 Å². The van der Waals surface area contributed by atoms with Crippen LogP contribution in [0.25, 0.3) is 10.2 Å². The first-order valence-electron chi connectivity index (χ1n) is 8.27. The van der Waals surface area contributed by atoms with Gasteiger partial charge in [0, 0.05) is 38.0 Å². The van der Waals surface area contributed by atoms with E-state index in [1.807, 2.05) is 28.5 Å². The lowest BCUT2D eigenvalue weighted by molar-refractivity contribution is -0.131. The van der Waals surface area contributed by atoms with Gasteiger partial charge in [-0.05, 0) is 18.6 Å². The average molecular weight is 374 g/mol. The number of anilines is 2. The van der Waals surface area contributed by atoms with E-state index in [9.17, 15) is 4.79 Å². The molecule has 0 unspecified atom stereocenters. The summed E-state index contributed by atoms with van der Waals surface area (Å²) in [5.74, 6) is 0.190. The number of benzene rings is 1. The number of carbonyl (C=O) groups excluding carboxylic acids is 1. The van der Waals surface area contributed by atoms with Gasteiger partial charge in [0.15, 0.2) is 10.3 Å². The third-order valence-electron chi connectivity index (χ3n) is 4.35. The summed E-state index contributed by atoms with van der Waals surface area (Å²) >= 11 is 3.14. The molecule has 25 heavy (non-hydrogen) atoms. The van der Waals surface area contributed by atoms with Crippen molar-refractivity contribution in [2.75, 3.05) is 36.8 Å². The normalized spacial score (nSPS) is 15.0. The zero-order valence-corrected chi connectivity index (χ0v) is 15.4. The van der Waals surface area contributed by atoms with Gasteiger partial charge in [0.25, 0.3) is 0 Å². The SMILES string of the molecule is Nc1nc(CCC(=O)N2CCN(c3nc4ccccc4s3)CC2)cs1. The first-order chi connectivity index (χ1) is 12.2. The van der Waals surface area contributed by atoms with Gasteiger partial charge in [-0.25, -0.2) is 9.97 Å². The fourth-order valence-corrected chi connectivity index (χ4v) is 4.59. The number of amides is 1. The molecule has 0 bridgehead atoms. The Kier molecular flexibility index (Phi) is 4.54. The molecule has 1 amide bonds. The first kappa shape index (κ1) is 16.3. The maximum absolute atomic E-state index is 12.4. The maximum atomic E-state index is 12.4. The van der Waals surface area contributed by atoms with Crippen molar-refractivity contribution in [3.05, 3.63) is 35.3 Å². The van der Waals surface area contributed by atoms with Crippen molar-refractivity contribution in [2.45, 2.75) is 12.8 Å². The molecule has 1 aromatic carbocycles. The van der Waals surface area contributed by atoms with E-state index in [1.165, 1.54) is 16.0 Å². The van der Waals surface area contributed by atoms with E-state index in [0.717, 1.165) is 42.5 Å². The molecule has 3 aromatic rings. The fraction of sp³-hybridized carbons (Fsp3) is 0.353. The molecule has 2 N–H and O–H groups in total. The number of nitrogens with zero attached hydrogens (tertiary/aromatic N) is 4. The van der Waals surface area contributed by atoms with Crippen molar-refractivity contribution in [3.8, 4) is 0 Å². The van der Waals surface area contributed by atoms with Gasteiger partial charge in [-0.2, -0.15) is 0 Å². The van der Waals surface area contributed by atoms with Gasteiger partial charge in [0.2, 0.25) is 5.91 Å². The molecule has 1 saturated heterocycles. The van der Waals surface area contributed by atoms with Crippen LogP contribution in [0.4, 0.5) is 10.3 Å². The largest absolute Gasteiger partial charge is 0.375 e. The minimum atomic E-state index is 0.190.